The SMILES string of the molecule is CCCCNc1ncnc(Nc2ccc(F)cc2F)c1[N+](=O)[O-]. The molecule has 0 aliphatic heterocycles. The van der Waals surface area contributed by atoms with Gasteiger partial charge in [-0.25, -0.2) is 18.7 Å². The standard InChI is InChI=1S/C14H15F2N5O2/c1-2-3-6-17-13-12(21(22)23)14(19-8-18-13)20-11-5-4-9(15)7-10(11)16/h4-5,7-8H,2-3,6H2,1H3,(H2,17,18,19,20). The summed E-state index contributed by atoms with van der Waals surface area (Å²) >= 11 is 0. The van der Waals surface area contributed by atoms with E-state index in [1.54, 1.807) is 0 Å². The molecule has 1 aromatic heterocycles. The van der Waals surface area contributed by atoms with Crippen molar-refractivity contribution in [3.63, 3.8) is 0 Å². The van der Waals surface area contributed by atoms with Gasteiger partial charge in [-0.3, -0.25) is 10.1 Å². The molecular weight excluding hydrogens is 308 g/mol. The topological polar surface area (TPSA) is 93.0 Å². The summed E-state index contributed by atoms with van der Waals surface area (Å²) < 4.78 is 26.6. The van der Waals surface area contributed by atoms with E-state index in [0.29, 0.717) is 12.6 Å². The lowest BCUT2D eigenvalue weighted by Crippen LogP contribution is -2.09. The van der Waals surface area contributed by atoms with E-state index in [0.717, 1.165) is 31.3 Å². The van der Waals surface area contributed by atoms with Gasteiger partial charge in [0.05, 0.1) is 10.6 Å². The Hall–Kier alpha value is -2.84. The third-order valence-electron chi connectivity index (χ3n) is 3.01. The van der Waals surface area contributed by atoms with E-state index in [-0.39, 0.29) is 17.3 Å². The number of hydrogen-bond donors (Lipinski definition) is 2. The van der Waals surface area contributed by atoms with Crippen LogP contribution in [-0.2, 0) is 0 Å². The molecule has 2 aromatic rings. The molecule has 0 aliphatic carbocycles. The van der Waals surface area contributed by atoms with E-state index in [9.17, 15) is 18.9 Å². The summed E-state index contributed by atoms with van der Waals surface area (Å²) in [5.41, 5.74) is -0.514. The number of nitrogens with zero attached hydrogens (tertiary/aromatic N) is 3. The average molecular weight is 323 g/mol. The number of nitro groups is 1. The van der Waals surface area contributed by atoms with Crippen molar-refractivity contribution in [3.05, 3.63) is 46.3 Å². The molecule has 0 saturated heterocycles. The van der Waals surface area contributed by atoms with Gasteiger partial charge in [-0.1, -0.05) is 13.3 Å². The molecule has 0 saturated carbocycles. The third kappa shape index (κ3) is 4.09. The predicted octanol–water partition coefficient (Wildman–Crippen LogP) is 3.62. The van der Waals surface area contributed by atoms with E-state index in [1.807, 2.05) is 6.92 Å². The van der Waals surface area contributed by atoms with Gasteiger partial charge in [0.15, 0.2) is 0 Å². The van der Waals surface area contributed by atoms with Crippen molar-refractivity contribution >= 4 is 23.0 Å². The summed E-state index contributed by atoms with van der Waals surface area (Å²) in [4.78, 5) is 18.3. The normalized spacial score (nSPS) is 10.4. The molecule has 7 nitrogen and oxygen atoms in total. The fraction of sp³-hybridized carbons (Fsp3) is 0.286. The Morgan fingerprint density at radius 1 is 1.26 bits per heavy atom. The van der Waals surface area contributed by atoms with Crippen LogP contribution in [0, 0.1) is 21.7 Å². The fourth-order valence-electron chi connectivity index (χ4n) is 1.87. The van der Waals surface area contributed by atoms with Gasteiger partial charge in [-0.05, 0) is 18.6 Å². The number of benzene rings is 1. The quantitative estimate of drug-likeness (QED) is 0.459. The number of halogens is 2. The highest BCUT2D eigenvalue weighted by molar-refractivity contribution is 5.73. The maximum absolute atomic E-state index is 13.7. The van der Waals surface area contributed by atoms with E-state index >= 15 is 0 Å². The van der Waals surface area contributed by atoms with Gasteiger partial charge in [-0.2, -0.15) is 0 Å². The average Bonchev–Trinajstić information content (AvgIpc) is 2.50. The Kier molecular flexibility index (Phi) is 5.34. The lowest BCUT2D eigenvalue weighted by molar-refractivity contribution is -0.383. The Balaban J connectivity index is 2.33. The van der Waals surface area contributed by atoms with Crippen LogP contribution in [0.2, 0.25) is 0 Å². The summed E-state index contributed by atoms with van der Waals surface area (Å²) in [6.07, 6.45) is 2.86. The Bertz CT molecular complexity index is 712. The zero-order chi connectivity index (χ0) is 16.8. The first-order chi connectivity index (χ1) is 11.0. The summed E-state index contributed by atoms with van der Waals surface area (Å²) in [6.45, 7) is 2.50. The van der Waals surface area contributed by atoms with Gasteiger partial charge in [0.2, 0.25) is 11.6 Å². The molecule has 9 heteroatoms. The zero-order valence-electron chi connectivity index (χ0n) is 12.3. The fourth-order valence-corrected chi connectivity index (χ4v) is 1.87. The van der Waals surface area contributed by atoms with Crippen LogP contribution in [0.25, 0.3) is 0 Å². The van der Waals surface area contributed by atoms with Crippen LogP contribution in [0.1, 0.15) is 19.8 Å². The molecule has 23 heavy (non-hydrogen) atoms. The van der Waals surface area contributed by atoms with Gasteiger partial charge in [0.25, 0.3) is 0 Å². The molecule has 0 amide bonds. The van der Waals surface area contributed by atoms with E-state index in [4.69, 9.17) is 0 Å². The second-order valence-electron chi connectivity index (χ2n) is 4.71. The number of aromatic nitrogens is 2. The maximum atomic E-state index is 13.7. The van der Waals surface area contributed by atoms with Gasteiger partial charge < -0.3 is 10.6 Å². The van der Waals surface area contributed by atoms with Crippen LogP contribution in [0.4, 0.5) is 31.8 Å². The number of nitrogens with one attached hydrogen (secondary N) is 2. The van der Waals surface area contributed by atoms with Gasteiger partial charge in [0, 0.05) is 12.6 Å². The lowest BCUT2D eigenvalue weighted by atomic mass is 10.3. The number of rotatable bonds is 7. The third-order valence-corrected chi connectivity index (χ3v) is 3.01. The maximum Gasteiger partial charge on any atom is 0.353 e. The summed E-state index contributed by atoms with van der Waals surface area (Å²) in [6, 6.07) is 2.86. The summed E-state index contributed by atoms with van der Waals surface area (Å²) in [5, 5.41) is 16.7. The van der Waals surface area contributed by atoms with Crippen LogP contribution in [0.5, 0.6) is 0 Å². The molecule has 0 fully saturated rings. The monoisotopic (exact) mass is 323 g/mol. The van der Waals surface area contributed by atoms with E-state index in [2.05, 4.69) is 20.6 Å². The van der Waals surface area contributed by atoms with Crippen LogP contribution in [-0.4, -0.2) is 21.4 Å². The molecule has 0 spiro atoms. The molecule has 2 N–H and O–H groups in total. The molecule has 0 radical (unpaired) electrons. The van der Waals surface area contributed by atoms with Gasteiger partial charge >= 0.3 is 5.69 Å². The van der Waals surface area contributed by atoms with Crippen molar-refractivity contribution in [2.24, 2.45) is 0 Å². The molecule has 0 atom stereocenters. The Labute approximate surface area is 130 Å². The van der Waals surface area contributed by atoms with Crippen molar-refractivity contribution < 1.29 is 13.7 Å². The molecule has 0 unspecified atom stereocenters. The summed E-state index contributed by atoms with van der Waals surface area (Å²) in [5.74, 6) is -1.75. The van der Waals surface area contributed by atoms with Crippen LogP contribution >= 0.6 is 0 Å². The predicted molar refractivity (Wildman–Crippen MR) is 81.7 cm³/mol. The van der Waals surface area contributed by atoms with Gasteiger partial charge in [0.1, 0.15) is 18.0 Å². The minimum Gasteiger partial charge on any atom is -0.364 e. The van der Waals surface area contributed by atoms with Crippen LogP contribution in [0.3, 0.4) is 0 Å². The highest BCUT2D eigenvalue weighted by atomic mass is 19.1. The Morgan fingerprint density at radius 2 is 2.00 bits per heavy atom. The molecule has 122 valence electrons. The van der Waals surface area contributed by atoms with Crippen molar-refractivity contribution in [3.8, 4) is 0 Å². The number of anilines is 3. The highest BCUT2D eigenvalue weighted by Gasteiger charge is 2.23. The molecule has 0 bridgehead atoms. The molecule has 2 rings (SSSR count). The number of hydrogen-bond acceptors (Lipinski definition) is 6. The Morgan fingerprint density at radius 3 is 2.65 bits per heavy atom. The first-order valence-corrected chi connectivity index (χ1v) is 6.98. The van der Waals surface area contributed by atoms with E-state index < -0.39 is 22.2 Å². The summed E-state index contributed by atoms with van der Waals surface area (Å²) in [7, 11) is 0. The van der Waals surface area contributed by atoms with Crippen molar-refractivity contribution in [2.45, 2.75) is 19.8 Å². The van der Waals surface area contributed by atoms with Crippen molar-refractivity contribution in [1.82, 2.24) is 9.97 Å². The van der Waals surface area contributed by atoms with Crippen molar-refractivity contribution in [2.75, 3.05) is 17.2 Å². The minimum atomic E-state index is -0.876. The molecular formula is C14H15F2N5O2. The number of unbranched alkanes of at least 4 members (excludes halogenated alkanes) is 1. The first-order valence-electron chi connectivity index (χ1n) is 6.98. The van der Waals surface area contributed by atoms with Gasteiger partial charge in [-0.15, -0.1) is 0 Å². The van der Waals surface area contributed by atoms with E-state index in [1.165, 1.54) is 0 Å². The smallest absolute Gasteiger partial charge is 0.353 e. The van der Waals surface area contributed by atoms with Crippen LogP contribution < -0.4 is 10.6 Å². The second kappa shape index (κ2) is 7.43. The lowest BCUT2D eigenvalue weighted by Gasteiger charge is -2.10. The van der Waals surface area contributed by atoms with Crippen LogP contribution in [0.15, 0.2) is 24.5 Å². The molecule has 1 aromatic carbocycles. The highest BCUT2D eigenvalue weighted by Crippen LogP contribution is 2.31. The molecule has 1 heterocycles. The second-order valence-corrected chi connectivity index (χ2v) is 4.71. The van der Waals surface area contributed by atoms with Crippen molar-refractivity contribution in [1.29, 1.82) is 0 Å². The minimum absolute atomic E-state index is 0.0449. The molecule has 0 aliphatic rings. The first kappa shape index (κ1) is 16.5. The zero-order valence-corrected chi connectivity index (χ0v) is 12.3. The largest absolute Gasteiger partial charge is 0.364 e.